The normalized spacial score (nSPS) is 28.1. The lowest BCUT2D eigenvalue weighted by atomic mass is 9.77. The predicted molar refractivity (Wildman–Crippen MR) is 120 cm³/mol. The highest BCUT2D eigenvalue weighted by Crippen LogP contribution is 2.56. The largest absolute Gasteiger partial charge is 0.454 e. The average Bonchev–Trinajstić information content (AvgIpc) is 3.42. The van der Waals surface area contributed by atoms with Gasteiger partial charge in [0, 0.05) is 30.1 Å². The van der Waals surface area contributed by atoms with Gasteiger partial charge in [0.1, 0.15) is 0 Å². The monoisotopic (exact) mass is 431 g/mol. The summed E-state index contributed by atoms with van der Waals surface area (Å²) in [5, 5.41) is 9.18. The Labute approximate surface area is 189 Å². The molecule has 0 radical (unpaired) electrons. The molecule has 2 saturated heterocycles. The van der Waals surface area contributed by atoms with E-state index in [1.54, 1.807) is 0 Å². The van der Waals surface area contributed by atoms with Crippen LogP contribution in [-0.2, 0) is 11.3 Å². The van der Waals surface area contributed by atoms with E-state index in [1.165, 1.54) is 0 Å². The second kappa shape index (κ2) is 7.53. The molecule has 0 aliphatic carbocycles. The summed E-state index contributed by atoms with van der Waals surface area (Å²) in [4.78, 5) is 18.4. The number of nitriles is 1. The highest BCUT2D eigenvalue weighted by atomic mass is 16.7. The van der Waals surface area contributed by atoms with Gasteiger partial charge in [-0.15, -0.1) is 0 Å². The van der Waals surface area contributed by atoms with Gasteiger partial charge in [0.2, 0.25) is 12.7 Å². The Hall–Kier alpha value is -3.04. The molecular formula is C26H29N3O3. The van der Waals surface area contributed by atoms with Gasteiger partial charge >= 0.3 is 0 Å². The third-order valence-corrected chi connectivity index (χ3v) is 7.84. The second-order valence-corrected chi connectivity index (χ2v) is 9.62. The molecule has 3 aliphatic heterocycles. The van der Waals surface area contributed by atoms with E-state index in [9.17, 15) is 10.1 Å². The first-order valence-corrected chi connectivity index (χ1v) is 11.3. The Balaban J connectivity index is 1.50. The number of likely N-dealkylation sites (tertiary alicyclic amines) is 2. The first kappa shape index (κ1) is 20.8. The Morgan fingerprint density at radius 1 is 1.12 bits per heavy atom. The van der Waals surface area contributed by atoms with Crippen LogP contribution in [0.4, 0.5) is 0 Å². The lowest BCUT2D eigenvalue weighted by Gasteiger charge is -2.40. The van der Waals surface area contributed by atoms with Gasteiger partial charge in [-0.1, -0.05) is 25.1 Å². The van der Waals surface area contributed by atoms with E-state index in [0.717, 1.165) is 29.0 Å². The Morgan fingerprint density at radius 2 is 1.84 bits per heavy atom. The van der Waals surface area contributed by atoms with Gasteiger partial charge in [-0.2, -0.15) is 5.26 Å². The molecular weight excluding hydrogens is 402 g/mol. The van der Waals surface area contributed by atoms with Crippen molar-refractivity contribution >= 4 is 5.91 Å². The zero-order valence-electron chi connectivity index (χ0n) is 19.0. The van der Waals surface area contributed by atoms with Crippen LogP contribution in [0.1, 0.15) is 49.9 Å². The molecule has 5 rings (SSSR count). The van der Waals surface area contributed by atoms with Gasteiger partial charge in [-0.05, 0) is 62.7 Å². The van der Waals surface area contributed by atoms with Crippen molar-refractivity contribution < 1.29 is 14.3 Å². The summed E-state index contributed by atoms with van der Waals surface area (Å²) >= 11 is 0. The van der Waals surface area contributed by atoms with Gasteiger partial charge in [0.25, 0.3) is 0 Å². The van der Waals surface area contributed by atoms with Crippen LogP contribution in [-0.4, -0.2) is 41.1 Å². The standard InChI is InChI=1S/C26H29N3O3/c1-5-19-23-22(24(28(4)26(23,2)3)18-9-6-16(13-27)7-10-18)25(30)29(19)14-17-8-11-20-21(12-17)32-15-31-20/h6-12,19,22-24H,5,14-15H2,1-4H3. The molecule has 3 heterocycles. The molecule has 1 amide bonds. The molecule has 4 unspecified atom stereocenters. The zero-order valence-corrected chi connectivity index (χ0v) is 19.0. The van der Waals surface area contributed by atoms with E-state index < -0.39 is 0 Å². The summed E-state index contributed by atoms with van der Waals surface area (Å²) in [6.07, 6.45) is 0.912. The molecule has 166 valence electrons. The van der Waals surface area contributed by atoms with Crippen LogP contribution < -0.4 is 9.47 Å². The number of hydrogen-bond acceptors (Lipinski definition) is 5. The van der Waals surface area contributed by atoms with Crippen LogP contribution >= 0.6 is 0 Å². The van der Waals surface area contributed by atoms with Crippen molar-refractivity contribution in [3.63, 3.8) is 0 Å². The fourth-order valence-corrected chi connectivity index (χ4v) is 6.11. The summed E-state index contributed by atoms with van der Waals surface area (Å²) in [5.74, 6) is 1.83. The van der Waals surface area contributed by atoms with Gasteiger partial charge in [0.05, 0.1) is 17.6 Å². The maximum Gasteiger partial charge on any atom is 0.231 e. The molecule has 0 bridgehead atoms. The average molecular weight is 432 g/mol. The summed E-state index contributed by atoms with van der Waals surface area (Å²) in [7, 11) is 2.13. The van der Waals surface area contributed by atoms with E-state index in [-0.39, 0.29) is 42.2 Å². The van der Waals surface area contributed by atoms with Crippen LogP contribution in [0.5, 0.6) is 11.5 Å². The summed E-state index contributed by atoms with van der Waals surface area (Å²) in [5.41, 5.74) is 2.66. The number of rotatable bonds is 4. The molecule has 0 N–H and O–H groups in total. The van der Waals surface area contributed by atoms with Crippen molar-refractivity contribution in [2.45, 2.75) is 51.4 Å². The lowest BCUT2D eigenvalue weighted by molar-refractivity contribution is -0.134. The van der Waals surface area contributed by atoms with Crippen LogP contribution in [0, 0.1) is 23.2 Å². The zero-order chi connectivity index (χ0) is 22.6. The summed E-state index contributed by atoms with van der Waals surface area (Å²) in [6.45, 7) is 7.51. The number of nitrogens with zero attached hydrogens (tertiary/aromatic N) is 3. The highest BCUT2D eigenvalue weighted by Gasteiger charge is 2.63. The maximum absolute atomic E-state index is 13.9. The van der Waals surface area contributed by atoms with E-state index >= 15 is 0 Å². The number of carbonyl (C=O) groups is 1. The molecule has 6 heteroatoms. The molecule has 0 aromatic heterocycles. The Morgan fingerprint density at radius 3 is 2.53 bits per heavy atom. The summed E-state index contributed by atoms with van der Waals surface area (Å²) in [6, 6.07) is 16.0. The number of ether oxygens (including phenoxy) is 2. The number of amides is 1. The Bertz CT molecular complexity index is 1090. The molecule has 0 saturated carbocycles. The lowest BCUT2D eigenvalue weighted by Crippen LogP contribution is -2.48. The molecule has 2 fully saturated rings. The predicted octanol–water partition coefficient (Wildman–Crippen LogP) is 4.11. The Kier molecular flexibility index (Phi) is 4.90. The smallest absolute Gasteiger partial charge is 0.231 e. The van der Waals surface area contributed by atoms with E-state index in [4.69, 9.17) is 9.47 Å². The van der Waals surface area contributed by atoms with Gasteiger partial charge in [-0.25, -0.2) is 0 Å². The number of benzene rings is 2. The third kappa shape index (κ3) is 2.99. The molecule has 0 spiro atoms. The fourth-order valence-electron chi connectivity index (χ4n) is 6.11. The first-order chi connectivity index (χ1) is 15.4. The molecule has 2 aromatic carbocycles. The van der Waals surface area contributed by atoms with Crippen molar-refractivity contribution in [1.29, 1.82) is 5.26 Å². The maximum atomic E-state index is 13.9. The SMILES string of the molecule is CCC1C2C(C(=O)N1Cc1ccc3c(c1)OCO3)C(c1ccc(C#N)cc1)N(C)C2(C)C. The minimum atomic E-state index is -0.136. The van der Waals surface area contributed by atoms with E-state index in [0.29, 0.717) is 12.1 Å². The summed E-state index contributed by atoms with van der Waals surface area (Å²) < 4.78 is 11.0. The van der Waals surface area contributed by atoms with Crippen LogP contribution in [0.2, 0.25) is 0 Å². The van der Waals surface area contributed by atoms with Crippen molar-refractivity contribution in [3.05, 3.63) is 59.2 Å². The highest BCUT2D eigenvalue weighted by molar-refractivity contribution is 5.84. The molecule has 2 aromatic rings. The quantitative estimate of drug-likeness (QED) is 0.729. The number of fused-ring (bicyclic) bond motifs is 2. The molecule has 4 atom stereocenters. The van der Waals surface area contributed by atoms with E-state index in [2.05, 4.69) is 43.7 Å². The van der Waals surface area contributed by atoms with Crippen LogP contribution in [0.3, 0.4) is 0 Å². The first-order valence-electron chi connectivity index (χ1n) is 11.3. The van der Waals surface area contributed by atoms with Crippen molar-refractivity contribution in [1.82, 2.24) is 9.80 Å². The topological polar surface area (TPSA) is 65.8 Å². The van der Waals surface area contributed by atoms with Crippen LogP contribution in [0.25, 0.3) is 0 Å². The van der Waals surface area contributed by atoms with Crippen molar-refractivity contribution in [3.8, 4) is 17.6 Å². The number of hydrogen-bond donors (Lipinski definition) is 0. The minimum Gasteiger partial charge on any atom is -0.454 e. The van der Waals surface area contributed by atoms with Crippen molar-refractivity contribution in [2.24, 2.45) is 11.8 Å². The van der Waals surface area contributed by atoms with Crippen LogP contribution in [0.15, 0.2) is 42.5 Å². The van der Waals surface area contributed by atoms with Gasteiger partial charge in [0.15, 0.2) is 11.5 Å². The second-order valence-electron chi connectivity index (χ2n) is 9.62. The van der Waals surface area contributed by atoms with Gasteiger partial charge < -0.3 is 14.4 Å². The van der Waals surface area contributed by atoms with E-state index in [1.807, 2.05) is 42.5 Å². The third-order valence-electron chi connectivity index (χ3n) is 7.84. The molecule has 3 aliphatic rings. The van der Waals surface area contributed by atoms with Gasteiger partial charge in [-0.3, -0.25) is 9.69 Å². The molecule has 32 heavy (non-hydrogen) atoms. The minimum absolute atomic E-state index is 0.00829. The fraction of sp³-hybridized carbons (Fsp3) is 0.462. The molecule has 6 nitrogen and oxygen atoms in total. The van der Waals surface area contributed by atoms with Crippen molar-refractivity contribution in [2.75, 3.05) is 13.8 Å². The number of carbonyl (C=O) groups excluding carboxylic acids is 1.